The van der Waals surface area contributed by atoms with Crippen LogP contribution in [0.4, 0.5) is 5.69 Å². The van der Waals surface area contributed by atoms with Gasteiger partial charge in [-0.1, -0.05) is 12.1 Å². The van der Waals surface area contributed by atoms with Gasteiger partial charge in [-0.25, -0.2) is 0 Å². The van der Waals surface area contributed by atoms with Crippen molar-refractivity contribution in [3.05, 3.63) is 69.5 Å². The van der Waals surface area contributed by atoms with Crippen LogP contribution >= 0.6 is 0 Å². The zero-order valence-corrected chi connectivity index (χ0v) is 15.4. The van der Waals surface area contributed by atoms with Gasteiger partial charge in [-0.05, 0) is 62.9 Å². The summed E-state index contributed by atoms with van der Waals surface area (Å²) in [6.07, 6.45) is 4.49. The number of pyridine rings is 1. The Morgan fingerprint density at radius 1 is 1.22 bits per heavy atom. The summed E-state index contributed by atoms with van der Waals surface area (Å²) in [6, 6.07) is 11.0. The standard InChI is InChI=1S/C21H23N3O3/c1-14(20-4-2-3-9-22-20)23-10-7-15(8-11-23)18-12-16-5-6-17(24(26)27)13-19(16)21(18)25/h2-6,9,13-15,18H,7-8,10-12H2,1H3. The van der Waals surface area contributed by atoms with Crippen molar-refractivity contribution < 1.29 is 9.72 Å². The van der Waals surface area contributed by atoms with E-state index in [-0.39, 0.29) is 23.4 Å². The van der Waals surface area contributed by atoms with E-state index in [0.717, 1.165) is 37.2 Å². The van der Waals surface area contributed by atoms with Crippen molar-refractivity contribution in [2.75, 3.05) is 13.1 Å². The number of ketones is 1. The number of benzene rings is 1. The van der Waals surface area contributed by atoms with E-state index in [9.17, 15) is 14.9 Å². The first-order valence-electron chi connectivity index (χ1n) is 9.51. The maximum atomic E-state index is 12.9. The largest absolute Gasteiger partial charge is 0.295 e. The summed E-state index contributed by atoms with van der Waals surface area (Å²) in [5.74, 6) is 0.398. The second-order valence-corrected chi connectivity index (χ2v) is 7.58. The fourth-order valence-corrected chi connectivity index (χ4v) is 4.51. The molecule has 1 aliphatic heterocycles. The molecule has 0 spiro atoms. The molecule has 2 heterocycles. The predicted molar refractivity (Wildman–Crippen MR) is 102 cm³/mol. The maximum Gasteiger partial charge on any atom is 0.270 e. The molecule has 27 heavy (non-hydrogen) atoms. The molecule has 1 saturated heterocycles. The van der Waals surface area contributed by atoms with Gasteiger partial charge in [0.25, 0.3) is 5.69 Å². The van der Waals surface area contributed by atoms with Gasteiger partial charge >= 0.3 is 0 Å². The zero-order chi connectivity index (χ0) is 19.0. The average Bonchev–Trinajstić information content (AvgIpc) is 3.04. The Kier molecular flexibility index (Phi) is 4.74. The second kappa shape index (κ2) is 7.19. The highest BCUT2D eigenvalue weighted by atomic mass is 16.6. The monoisotopic (exact) mass is 365 g/mol. The van der Waals surface area contributed by atoms with Crippen LogP contribution in [0.15, 0.2) is 42.6 Å². The molecule has 140 valence electrons. The Morgan fingerprint density at radius 2 is 2.00 bits per heavy atom. The van der Waals surface area contributed by atoms with Crippen LogP contribution in [0.2, 0.25) is 0 Å². The first-order valence-corrected chi connectivity index (χ1v) is 9.51. The number of piperidine rings is 1. The highest BCUT2D eigenvalue weighted by molar-refractivity contribution is 6.02. The van der Waals surface area contributed by atoms with Crippen LogP contribution in [0, 0.1) is 22.0 Å². The molecule has 2 unspecified atom stereocenters. The lowest BCUT2D eigenvalue weighted by Crippen LogP contribution is -2.39. The fourth-order valence-electron chi connectivity index (χ4n) is 4.51. The Bertz CT molecular complexity index is 860. The third kappa shape index (κ3) is 3.37. The van der Waals surface area contributed by atoms with Gasteiger partial charge in [0.2, 0.25) is 0 Å². The molecule has 2 aliphatic rings. The number of nitro groups is 1. The number of aromatic nitrogens is 1. The van der Waals surface area contributed by atoms with E-state index in [0.29, 0.717) is 17.9 Å². The molecule has 2 aromatic rings. The summed E-state index contributed by atoms with van der Waals surface area (Å²) in [6.45, 7) is 4.07. The van der Waals surface area contributed by atoms with Crippen molar-refractivity contribution in [1.82, 2.24) is 9.88 Å². The van der Waals surface area contributed by atoms with Crippen molar-refractivity contribution in [2.45, 2.75) is 32.2 Å². The Morgan fingerprint density at radius 3 is 2.67 bits per heavy atom. The molecule has 6 nitrogen and oxygen atoms in total. The molecule has 0 bridgehead atoms. The van der Waals surface area contributed by atoms with Gasteiger partial charge in [-0.3, -0.25) is 24.8 Å². The lowest BCUT2D eigenvalue weighted by molar-refractivity contribution is -0.384. The van der Waals surface area contributed by atoms with Crippen molar-refractivity contribution >= 4 is 11.5 Å². The Balaban J connectivity index is 1.42. The van der Waals surface area contributed by atoms with E-state index in [1.807, 2.05) is 18.3 Å². The van der Waals surface area contributed by atoms with Crippen LogP contribution in [0.25, 0.3) is 0 Å². The minimum atomic E-state index is -0.432. The number of likely N-dealkylation sites (tertiary alicyclic amines) is 1. The second-order valence-electron chi connectivity index (χ2n) is 7.58. The van der Waals surface area contributed by atoms with Crippen LogP contribution < -0.4 is 0 Å². The number of carbonyl (C=O) groups is 1. The zero-order valence-electron chi connectivity index (χ0n) is 15.4. The molecule has 0 N–H and O–H groups in total. The smallest absolute Gasteiger partial charge is 0.270 e. The molecule has 2 atom stereocenters. The number of non-ortho nitro benzene ring substituents is 1. The lowest BCUT2D eigenvalue weighted by atomic mass is 9.81. The fraction of sp³-hybridized carbons (Fsp3) is 0.429. The molecule has 1 fully saturated rings. The number of Topliss-reactive ketones (excluding diaryl/α,β-unsaturated/α-hetero) is 1. The van der Waals surface area contributed by atoms with Gasteiger partial charge in [0, 0.05) is 35.9 Å². The summed E-state index contributed by atoms with van der Waals surface area (Å²) < 4.78 is 0. The van der Waals surface area contributed by atoms with Crippen LogP contribution in [-0.4, -0.2) is 33.7 Å². The molecule has 1 aromatic heterocycles. The molecular weight excluding hydrogens is 342 g/mol. The number of hydrogen-bond donors (Lipinski definition) is 0. The third-order valence-corrected chi connectivity index (χ3v) is 6.15. The minimum absolute atomic E-state index is 0.00163. The molecular formula is C21H23N3O3. The number of rotatable bonds is 4. The third-order valence-electron chi connectivity index (χ3n) is 6.15. The van der Waals surface area contributed by atoms with Gasteiger partial charge in [0.05, 0.1) is 10.6 Å². The average molecular weight is 365 g/mol. The molecule has 0 saturated carbocycles. The van der Waals surface area contributed by atoms with Crippen LogP contribution in [-0.2, 0) is 6.42 Å². The van der Waals surface area contributed by atoms with Crippen molar-refractivity contribution in [3.63, 3.8) is 0 Å². The molecule has 1 aromatic carbocycles. The molecule has 0 radical (unpaired) electrons. The Labute approximate surface area is 158 Å². The normalized spacial score (nSPS) is 21.8. The Hall–Kier alpha value is -2.60. The SMILES string of the molecule is CC(c1ccccn1)N1CCC(C2Cc3ccc([N+](=O)[O-])cc3C2=O)CC1. The molecule has 6 heteroatoms. The van der Waals surface area contributed by atoms with E-state index in [2.05, 4.69) is 22.9 Å². The lowest BCUT2D eigenvalue weighted by Gasteiger charge is -2.37. The summed E-state index contributed by atoms with van der Waals surface area (Å²) >= 11 is 0. The van der Waals surface area contributed by atoms with Crippen molar-refractivity contribution in [1.29, 1.82) is 0 Å². The van der Waals surface area contributed by atoms with Crippen molar-refractivity contribution in [2.24, 2.45) is 11.8 Å². The first-order chi connectivity index (χ1) is 13.0. The van der Waals surface area contributed by atoms with E-state index in [1.165, 1.54) is 12.1 Å². The van der Waals surface area contributed by atoms with Crippen molar-refractivity contribution in [3.8, 4) is 0 Å². The van der Waals surface area contributed by atoms with Gasteiger partial charge in [0.1, 0.15) is 0 Å². The molecule has 4 rings (SSSR count). The predicted octanol–water partition coefficient (Wildman–Crippen LogP) is 3.82. The van der Waals surface area contributed by atoms with E-state index >= 15 is 0 Å². The number of nitro benzene ring substituents is 1. The quantitative estimate of drug-likeness (QED) is 0.608. The number of hydrogen-bond acceptors (Lipinski definition) is 5. The van der Waals surface area contributed by atoms with Gasteiger partial charge in [0.15, 0.2) is 5.78 Å². The highest BCUT2D eigenvalue weighted by Crippen LogP contribution is 2.38. The van der Waals surface area contributed by atoms with Gasteiger partial charge in [-0.15, -0.1) is 0 Å². The van der Waals surface area contributed by atoms with Crippen LogP contribution in [0.3, 0.4) is 0 Å². The summed E-state index contributed by atoms with van der Waals surface area (Å²) in [5.41, 5.74) is 2.59. The summed E-state index contributed by atoms with van der Waals surface area (Å²) in [4.78, 5) is 30.3. The number of carbonyl (C=O) groups excluding carboxylic acids is 1. The molecule has 1 aliphatic carbocycles. The van der Waals surface area contributed by atoms with Crippen LogP contribution in [0.1, 0.15) is 47.4 Å². The first kappa shape index (κ1) is 17.8. The van der Waals surface area contributed by atoms with E-state index in [1.54, 1.807) is 6.07 Å². The number of nitrogens with zero attached hydrogens (tertiary/aromatic N) is 3. The van der Waals surface area contributed by atoms with Gasteiger partial charge in [-0.2, -0.15) is 0 Å². The highest BCUT2D eigenvalue weighted by Gasteiger charge is 2.38. The maximum absolute atomic E-state index is 12.9. The van der Waals surface area contributed by atoms with Gasteiger partial charge < -0.3 is 0 Å². The molecule has 0 amide bonds. The van der Waals surface area contributed by atoms with Crippen LogP contribution in [0.5, 0.6) is 0 Å². The summed E-state index contributed by atoms with van der Waals surface area (Å²) in [7, 11) is 0. The minimum Gasteiger partial charge on any atom is -0.295 e. The summed E-state index contributed by atoms with van der Waals surface area (Å²) in [5, 5.41) is 11.0. The van der Waals surface area contributed by atoms with E-state index < -0.39 is 4.92 Å². The van der Waals surface area contributed by atoms with E-state index in [4.69, 9.17) is 0 Å². The number of fused-ring (bicyclic) bond motifs is 1. The topological polar surface area (TPSA) is 76.3 Å².